The van der Waals surface area contributed by atoms with E-state index in [0.717, 1.165) is 25.6 Å². The zero-order valence-electron chi connectivity index (χ0n) is 12.1. The molecule has 1 saturated heterocycles. The van der Waals surface area contributed by atoms with Crippen LogP contribution in [0.25, 0.3) is 0 Å². The summed E-state index contributed by atoms with van der Waals surface area (Å²) >= 11 is 0. The van der Waals surface area contributed by atoms with Gasteiger partial charge in [-0.3, -0.25) is 0 Å². The molecule has 1 rings (SSSR count). The first-order valence-corrected chi connectivity index (χ1v) is 6.92. The molecule has 104 valence electrons. The summed E-state index contributed by atoms with van der Waals surface area (Å²) in [7, 11) is 4.17. The van der Waals surface area contributed by atoms with Gasteiger partial charge in [0.25, 0.3) is 0 Å². The lowest BCUT2D eigenvalue weighted by Gasteiger charge is -2.39. The third-order valence-electron chi connectivity index (χ3n) is 3.11. The van der Waals surface area contributed by atoms with E-state index in [9.17, 15) is 0 Å². The molecule has 1 aliphatic rings. The van der Waals surface area contributed by atoms with E-state index in [1.54, 1.807) is 0 Å². The molecule has 4 heteroatoms. The quantitative estimate of drug-likeness (QED) is 0.652. The molecule has 0 spiro atoms. The van der Waals surface area contributed by atoms with E-state index in [0.29, 0.717) is 6.61 Å². The molecule has 0 bridgehead atoms. The summed E-state index contributed by atoms with van der Waals surface area (Å²) in [6.45, 7) is 10.9. The maximum absolute atomic E-state index is 8.75. The van der Waals surface area contributed by atoms with E-state index in [1.807, 2.05) is 20.9 Å². The minimum Gasteiger partial charge on any atom is -0.395 e. The lowest BCUT2D eigenvalue weighted by molar-refractivity contribution is 0.0678. The Kier molecular flexibility index (Phi) is 10.9. The Hall–Kier alpha value is -0.160. The van der Waals surface area contributed by atoms with Crippen molar-refractivity contribution in [3.63, 3.8) is 0 Å². The molecule has 0 unspecified atom stereocenters. The second-order valence-corrected chi connectivity index (χ2v) is 4.54. The summed E-state index contributed by atoms with van der Waals surface area (Å²) in [5.74, 6) is 0.855. The Labute approximate surface area is 107 Å². The van der Waals surface area contributed by atoms with Gasteiger partial charge in [-0.25, -0.2) is 0 Å². The van der Waals surface area contributed by atoms with Crippen molar-refractivity contribution in [2.24, 2.45) is 5.92 Å². The molecule has 0 aromatic heterocycles. The number of nitrogens with one attached hydrogen (secondary N) is 1. The second-order valence-electron chi connectivity index (χ2n) is 4.54. The van der Waals surface area contributed by atoms with E-state index in [-0.39, 0.29) is 0 Å². The molecule has 1 aliphatic heterocycles. The average molecular weight is 245 g/mol. The van der Waals surface area contributed by atoms with E-state index < -0.39 is 0 Å². The minimum atomic E-state index is 0.300. The number of aliphatic hydroxyl groups excluding tert-OH is 1. The first kappa shape index (κ1) is 16.8. The van der Waals surface area contributed by atoms with Gasteiger partial charge in [-0.2, -0.15) is 0 Å². The first-order chi connectivity index (χ1) is 8.26. The Morgan fingerprint density at radius 1 is 1.29 bits per heavy atom. The van der Waals surface area contributed by atoms with Crippen LogP contribution in [0.1, 0.15) is 20.3 Å². The van der Waals surface area contributed by atoms with Crippen LogP contribution in [0.5, 0.6) is 0 Å². The van der Waals surface area contributed by atoms with Crippen molar-refractivity contribution < 1.29 is 5.11 Å². The van der Waals surface area contributed by atoms with Crippen molar-refractivity contribution in [1.29, 1.82) is 0 Å². The van der Waals surface area contributed by atoms with Crippen LogP contribution in [0.4, 0.5) is 0 Å². The Morgan fingerprint density at radius 2 is 1.94 bits per heavy atom. The number of hydrogen-bond acceptors (Lipinski definition) is 4. The molecule has 1 heterocycles. The van der Waals surface area contributed by atoms with Crippen LogP contribution >= 0.6 is 0 Å². The molecule has 0 amide bonds. The fourth-order valence-corrected chi connectivity index (χ4v) is 2.00. The highest BCUT2D eigenvalue weighted by molar-refractivity contribution is 4.79. The van der Waals surface area contributed by atoms with Gasteiger partial charge in [0.15, 0.2) is 0 Å². The molecule has 0 aromatic carbocycles. The largest absolute Gasteiger partial charge is 0.395 e. The minimum absolute atomic E-state index is 0.300. The lowest BCUT2D eigenvalue weighted by atomic mass is 9.96. The second kappa shape index (κ2) is 11.0. The molecule has 4 nitrogen and oxygen atoms in total. The van der Waals surface area contributed by atoms with Crippen LogP contribution in [0.2, 0.25) is 0 Å². The predicted octanol–water partition coefficient (Wildman–Crippen LogP) is 0.478. The molecule has 0 saturated carbocycles. The number of hydrogen-bond donors (Lipinski definition) is 2. The fraction of sp³-hybridized carbons (Fsp3) is 1.00. The van der Waals surface area contributed by atoms with Crippen molar-refractivity contribution in [3.8, 4) is 0 Å². The smallest absolute Gasteiger partial charge is 0.0558 e. The van der Waals surface area contributed by atoms with E-state index >= 15 is 0 Å². The summed E-state index contributed by atoms with van der Waals surface area (Å²) in [6.07, 6.45) is 1.29. The van der Waals surface area contributed by atoms with Crippen LogP contribution in [-0.4, -0.2) is 74.9 Å². The summed E-state index contributed by atoms with van der Waals surface area (Å²) < 4.78 is 0. The monoisotopic (exact) mass is 245 g/mol. The topological polar surface area (TPSA) is 38.7 Å². The molecule has 17 heavy (non-hydrogen) atoms. The first-order valence-electron chi connectivity index (χ1n) is 6.92. The molecule has 0 atom stereocenters. The highest BCUT2D eigenvalue weighted by Crippen LogP contribution is 2.18. The Bertz CT molecular complexity index is 161. The standard InChI is InChI=1S/C11H25N3O.C2H6/c1-12-4-6-13(2)5-3-11-9-14(10-11)7-8-15;1-2/h11-12,15H,3-10H2,1-2H3;1-2H3. The lowest BCUT2D eigenvalue weighted by Crippen LogP contribution is -2.48. The van der Waals surface area contributed by atoms with Gasteiger partial charge in [-0.15, -0.1) is 0 Å². The van der Waals surface area contributed by atoms with Gasteiger partial charge in [-0.05, 0) is 33.0 Å². The van der Waals surface area contributed by atoms with Gasteiger partial charge in [0.2, 0.25) is 0 Å². The van der Waals surface area contributed by atoms with Gasteiger partial charge in [0.1, 0.15) is 0 Å². The number of nitrogens with zero attached hydrogens (tertiary/aromatic N) is 2. The number of β-amino-alcohol motifs (C(OH)–C–C–N with tert-alkyl or cyclic N) is 1. The average Bonchev–Trinajstić information content (AvgIpc) is 2.31. The fourth-order valence-electron chi connectivity index (χ4n) is 2.00. The third-order valence-corrected chi connectivity index (χ3v) is 3.11. The Morgan fingerprint density at radius 3 is 2.47 bits per heavy atom. The molecular weight excluding hydrogens is 214 g/mol. The number of likely N-dealkylation sites (tertiary alicyclic amines) is 1. The zero-order chi connectivity index (χ0) is 13.1. The van der Waals surface area contributed by atoms with Crippen molar-refractivity contribution in [3.05, 3.63) is 0 Å². The van der Waals surface area contributed by atoms with Gasteiger partial charge >= 0.3 is 0 Å². The molecule has 0 aliphatic carbocycles. The summed E-state index contributed by atoms with van der Waals surface area (Å²) in [6, 6.07) is 0. The predicted molar refractivity (Wildman–Crippen MR) is 74.4 cm³/mol. The van der Waals surface area contributed by atoms with Crippen LogP contribution in [0.3, 0.4) is 0 Å². The summed E-state index contributed by atoms with van der Waals surface area (Å²) in [5.41, 5.74) is 0. The van der Waals surface area contributed by atoms with E-state index in [2.05, 4.69) is 22.2 Å². The normalized spacial score (nSPS) is 16.6. The maximum Gasteiger partial charge on any atom is 0.0558 e. The molecule has 0 radical (unpaired) electrons. The van der Waals surface area contributed by atoms with Crippen LogP contribution in [-0.2, 0) is 0 Å². The highest BCUT2D eigenvalue weighted by atomic mass is 16.3. The van der Waals surface area contributed by atoms with Crippen molar-refractivity contribution in [1.82, 2.24) is 15.1 Å². The molecular formula is C13H31N3O. The maximum atomic E-state index is 8.75. The molecule has 0 aromatic rings. The van der Waals surface area contributed by atoms with Crippen LogP contribution < -0.4 is 5.32 Å². The Balaban J connectivity index is 0.00000121. The highest BCUT2D eigenvalue weighted by Gasteiger charge is 2.25. The van der Waals surface area contributed by atoms with Crippen molar-refractivity contribution >= 4 is 0 Å². The van der Waals surface area contributed by atoms with Gasteiger partial charge in [0, 0.05) is 32.7 Å². The molecule has 2 N–H and O–H groups in total. The zero-order valence-corrected chi connectivity index (χ0v) is 12.1. The number of rotatable bonds is 8. The third kappa shape index (κ3) is 7.71. The van der Waals surface area contributed by atoms with Crippen LogP contribution in [0, 0.1) is 5.92 Å². The van der Waals surface area contributed by atoms with Gasteiger partial charge in [0.05, 0.1) is 6.61 Å². The van der Waals surface area contributed by atoms with Gasteiger partial charge < -0.3 is 20.2 Å². The number of aliphatic hydroxyl groups is 1. The summed E-state index contributed by atoms with van der Waals surface area (Å²) in [4.78, 5) is 4.70. The molecule has 1 fully saturated rings. The SMILES string of the molecule is CC.CNCCN(C)CCC1CN(CCO)C1. The van der Waals surface area contributed by atoms with Crippen LogP contribution in [0.15, 0.2) is 0 Å². The van der Waals surface area contributed by atoms with E-state index in [4.69, 9.17) is 5.11 Å². The van der Waals surface area contributed by atoms with Crippen molar-refractivity contribution in [2.45, 2.75) is 20.3 Å². The number of likely N-dealkylation sites (N-methyl/N-ethyl adjacent to an activating group) is 2. The van der Waals surface area contributed by atoms with E-state index in [1.165, 1.54) is 26.1 Å². The summed E-state index contributed by atoms with van der Waals surface area (Å²) in [5, 5.41) is 11.9. The van der Waals surface area contributed by atoms with Gasteiger partial charge in [-0.1, -0.05) is 13.8 Å². The van der Waals surface area contributed by atoms with Crippen molar-refractivity contribution in [2.75, 3.05) is 60.0 Å².